The van der Waals surface area contributed by atoms with Crippen molar-refractivity contribution in [3.05, 3.63) is 88.1 Å². The molecule has 0 aliphatic carbocycles. The molecule has 1 N–H and O–H groups in total. The first-order valence-electron chi connectivity index (χ1n) is 11.4. The van der Waals surface area contributed by atoms with E-state index in [1.165, 1.54) is 30.0 Å². The highest BCUT2D eigenvalue weighted by Crippen LogP contribution is 2.36. The molecule has 0 saturated carbocycles. The van der Waals surface area contributed by atoms with Gasteiger partial charge in [-0.15, -0.1) is 0 Å². The fraction of sp³-hybridized carbons (Fsp3) is 0.240. The van der Waals surface area contributed by atoms with Gasteiger partial charge in [0.05, 0.1) is 41.4 Å². The van der Waals surface area contributed by atoms with E-state index in [0.29, 0.717) is 30.3 Å². The molecule has 1 aromatic heterocycles. The number of thiazole rings is 1. The lowest BCUT2D eigenvalue weighted by molar-refractivity contribution is -0.385. The van der Waals surface area contributed by atoms with Gasteiger partial charge in [0.15, 0.2) is 16.3 Å². The van der Waals surface area contributed by atoms with Crippen molar-refractivity contribution >= 4 is 40.7 Å². The molecule has 2 aromatic carbocycles. The predicted octanol–water partition coefficient (Wildman–Crippen LogP) is 3.08. The maximum absolute atomic E-state index is 13.7. The summed E-state index contributed by atoms with van der Waals surface area (Å²) in [6.45, 7) is 4.44. The molecule has 0 amide bonds. The highest BCUT2D eigenvalue weighted by molar-refractivity contribution is 7.07. The monoisotopic (exact) mass is 559 g/mol. The van der Waals surface area contributed by atoms with Gasteiger partial charge in [0.1, 0.15) is 0 Å². The van der Waals surface area contributed by atoms with E-state index >= 15 is 0 Å². The van der Waals surface area contributed by atoms with Crippen molar-refractivity contribution < 1.29 is 29.0 Å². The van der Waals surface area contributed by atoms with Crippen LogP contribution in [0.4, 0.5) is 5.69 Å². The van der Waals surface area contributed by atoms with Crippen LogP contribution in [0.5, 0.6) is 17.2 Å². The third-order valence-corrected chi connectivity index (χ3v) is 6.79. The van der Waals surface area contributed by atoms with Gasteiger partial charge in [-0.1, -0.05) is 29.0 Å². The average Bonchev–Trinajstić information content (AvgIpc) is 3.21. The van der Waals surface area contributed by atoms with Crippen LogP contribution in [0.3, 0.4) is 0 Å². The number of hydrogen-bond acceptors (Lipinski definition) is 10. The second kappa shape index (κ2) is 11.1. The number of hydrogen-bond donors (Lipinski definition) is 1. The minimum Gasteiger partial charge on any atom is -0.502 e. The number of nitro benzene ring substituents is 1. The molecule has 2 heterocycles. The highest BCUT2D eigenvalue weighted by Gasteiger charge is 2.31. The van der Waals surface area contributed by atoms with E-state index in [2.05, 4.69) is 4.99 Å². The highest BCUT2D eigenvalue weighted by atomic mass is 35.5. The first-order chi connectivity index (χ1) is 18.2. The van der Waals surface area contributed by atoms with Gasteiger partial charge in [-0.05, 0) is 43.7 Å². The maximum Gasteiger partial charge on any atom is 0.337 e. The van der Waals surface area contributed by atoms with E-state index in [0.717, 1.165) is 17.4 Å². The summed E-state index contributed by atoms with van der Waals surface area (Å²) in [6, 6.07) is 6.49. The zero-order valence-corrected chi connectivity index (χ0v) is 22.0. The zero-order valence-electron chi connectivity index (χ0n) is 20.5. The van der Waals surface area contributed by atoms with Crippen LogP contribution in [-0.4, -0.2) is 40.9 Å². The molecule has 198 valence electrons. The lowest BCUT2D eigenvalue weighted by Gasteiger charge is -2.23. The Bertz CT molecular complexity index is 1640. The van der Waals surface area contributed by atoms with Crippen molar-refractivity contribution in [2.75, 3.05) is 20.3 Å². The number of halogens is 1. The summed E-state index contributed by atoms with van der Waals surface area (Å²) in [6.07, 6.45) is 2.63. The number of nitro groups is 1. The number of benzene rings is 2. The second-order valence-electron chi connectivity index (χ2n) is 7.87. The number of esters is 1. The molecule has 0 spiro atoms. The minimum atomic E-state index is -0.918. The number of nitrogens with zero attached hydrogens (tertiary/aromatic N) is 3. The first-order valence-corrected chi connectivity index (χ1v) is 12.5. The van der Waals surface area contributed by atoms with Crippen molar-refractivity contribution in [3.8, 4) is 17.2 Å². The quantitative estimate of drug-likeness (QED) is 0.252. The Balaban J connectivity index is 1.94. The molecule has 1 aliphatic heterocycles. The van der Waals surface area contributed by atoms with E-state index in [-0.39, 0.29) is 25.5 Å². The Morgan fingerprint density at radius 3 is 2.61 bits per heavy atom. The molecule has 38 heavy (non-hydrogen) atoms. The number of aromatic hydroxyl groups is 1. The van der Waals surface area contributed by atoms with Crippen molar-refractivity contribution in [1.29, 1.82) is 0 Å². The Morgan fingerprint density at radius 2 is 1.95 bits per heavy atom. The molecule has 4 rings (SSSR count). The maximum atomic E-state index is 13.7. The molecule has 0 bridgehead atoms. The Labute approximate surface area is 224 Å². The Morgan fingerprint density at radius 1 is 1.24 bits per heavy atom. The Kier molecular flexibility index (Phi) is 7.83. The van der Waals surface area contributed by atoms with Gasteiger partial charge in [0.25, 0.3) is 5.56 Å². The van der Waals surface area contributed by atoms with E-state index in [1.807, 2.05) is 13.8 Å². The number of fused-ring (bicyclic) bond motifs is 1. The number of rotatable bonds is 8. The van der Waals surface area contributed by atoms with E-state index in [1.54, 1.807) is 18.2 Å². The SMILES string of the molecule is CCOc1ccc([C@@H]2C(C(=O)OC)=CN=c3s/c(=C\c4cc(Cl)cc([N+](=O)[O-])c4O)c(=O)n32)cc1OCC. The summed E-state index contributed by atoms with van der Waals surface area (Å²) in [4.78, 5) is 41.4. The lowest BCUT2D eigenvalue weighted by Crippen LogP contribution is -2.39. The Hall–Kier alpha value is -4.16. The molecular weight excluding hydrogens is 538 g/mol. The van der Waals surface area contributed by atoms with Crippen LogP contribution in [0.2, 0.25) is 5.02 Å². The van der Waals surface area contributed by atoms with E-state index < -0.39 is 33.9 Å². The van der Waals surface area contributed by atoms with Crippen LogP contribution in [0.1, 0.15) is 31.0 Å². The van der Waals surface area contributed by atoms with Crippen molar-refractivity contribution in [2.45, 2.75) is 19.9 Å². The molecule has 13 heteroatoms. The molecule has 3 aromatic rings. The number of ether oxygens (including phenoxy) is 3. The van der Waals surface area contributed by atoms with Gasteiger partial charge < -0.3 is 19.3 Å². The molecule has 11 nitrogen and oxygen atoms in total. The van der Waals surface area contributed by atoms with Crippen LogP contribution in [0, 0.1) is 10.1 Å². The van der Waals surface area contributed by atoms with Gasteiger partial charge in [-0.2, -0.15) is 0 Å². The zero-order chi connectivity index (χ0) is 27.6. The van der Waals surface area contributed by atoms with Gasteiger partial charge in [-0.3, -0.25) is 19.5 Å². The van der Waals surface area contributed by atoms with Gasteiger partial charge in [0, 0.05) is 22.9 Å². The van der Waals surface area contributed by atoms with Gasteiger partial charge >= 0.3 is 11.7 Å². The van der Waals surface area contributed by atoms with Crippen LogP contribution in [0.15, 0.2) is 51.9 Å². The third kappa shape index (κ3) is 5.00. The van der Waals surface area contributed by atoms with Crippen molar-refractivity contribution in [3.63, 3.8) is 0 Å². The number of carbonyl (C=O) groups excluding carboxylic acids is 1. The number of phenols is 1. The predicted molar refractivity (Wildman–Crippen MR) is 140 cm³/mol. The molecule has 0 radical (unpaired) electrons. The summed E-state index contributed by atoms with van der Waals surface area (Å²) in [7, 11) is 1.23. The van der Waals surface area contributed by atoms with Crippen molar-refractivity contribution in [2.24, 2.45) is 4.99 Å². The summed E-state index contributed by atoms with van der Waals surface area (Å²) in [5, 5.41) is 21.7. The molecular formula is C25H22ClN3O8S. The minimum absolute atomic E-state index is 0.0113. The van der Waals surface area contributed by atoms with Crippen LogP contribution >= 0.6 is 22.9 Å². The molecule has 0 unspecified atom stereocenters. The summed E-state index contributed by atoms with van der Waals surface area (Å²) < 4.78 is 17.7. The first kappa shape index (κ1) is 26.9. The van der Waals surface area contributed by atoms with Gasteiger partial charge in [-0.25, -0.2) is 9.79 Å². The third-order valence-electron chi connectivity index (χ3n) is 5.58. The fourth-order valence-electron chi connectivity index (χ4n) is 3.98. The number of carbonyl (C=O) groups is 1. The van der Waals surface area contributed by atoms with E-state index in [4.69, 9.17) is 25.8 Å². The second-order valence-corrected chi connectivity index (χ2v) is 9.31. The summed E-state index contributed by atoms with van der Waals surface area (Å²) >= 11 is 6.99. The number of phenolic OH excluding ortho intramolecular Hbond substituents is 1. The summed E-state index contributed by atoms with van der Waals surface area (Å²) in [5.74, 6) is -0.369. The van der Waals surface area contributed by atoms with Crippen LogP contribution in [-0.2, 0) is 9.53 Å². The summed E-state index contributed by atoms with van der Waals surface area (Å²) in [5.41, 5.74) is -0.503. The van der Waals surface area contributed by atoms with Crippen LogP contribution in [0.25, 0.3) is 6.08 Å². The lowest BCUT2D eigenvalue weighted by atomic mass is 9.97. The number of methoxy groups -OCH3 is 1. The molecule has 0 saturated heterocycles. The standard InChI is InChI=1S/C25H22ClN3O8S/c1-4-36-18-7-6-13(9-19(18)37-5-2)21-16(24(32)35-3)12-27-25-28(21)23(31)20(38-25)10-14-8-15(26)11-17(22(14)30)29(33)34/h6-12,21,30H,4-5H2,1-3H3/b20-10-/t21-/m1/s1. The van der Waals surface area contributed by atoms with Crippen LogP contribution < -0.4 is 24.4 Å². The number of aromatic nitrogens is 1. The van der Waals surface area contributed by atoms with Gasteiger partial charge in [0.2, 0.25) is 5.75 Å². The largest absolute Gasteiger partial charge is 0.502 e. The molecule has 0 fully saturated rings. The normalized spacial score (nSPS) is 14.8. The molecule has 1 aliphatic rings. The fourth-order valence-corrected chi connectivity index (χ4v) is 5.16. The molecule has 1 atom stereocenters. The van der Waals surface area contributed by atoms with Crippen molar-refractivity contribution in [1.82, 2.24) is 4.57 Å². The smallest absolute Gasteiger partial charge is 0.337 e. The topological polar surface area (TPSA) is 142 Å². The average molecular weight is 560 g/mol. The van der Waals surface area contributed by atoms with E-state index in [9.17, 15) is 24.8 Å².